The van der Waals surface area contributed by atoms with Gasteiger partial charge in [0, 0.05) is 6.42 Å². The van der Waals surface area contributed by atoms with Gasteiger partial charge in [0.15, 0.2) is 18.9 Å². The summed E-state index contributed by atoms with van der Waals surface area (Å²) in [5.74, 6) is -0.267. The molecule has 0 radical (unpaired) electrons. The molecule has 0 bridgehead atoms. The molecule has 3 saturated heterocycles. The van der Waals surface area contributed by atoms with Gasteiger partial charge in [-0.2, -0.15) is 0 Å². The van der Waals surface area contributed by atoms with Crippen LogP contribution in [-0.4, -0.2) is 193 Å². The van der Waals surface area contributed by atoms with Gasteiger partial charge in [-0.1, -0.05) is 315 Å². The molecular weight excluding hydrogens is 1200 g/mol. The van der Waals surface area contributed by atoms with Crippen LogP contribution < -0.4 is 5.32 Å². The summed E-state index contributed by atoms with van der Waals surface area (Å²) < 4.78 is 34.4. The van der Waals surface area contributed by atoms with Crippen molar-refractivity contribution in [3.8, 4) is 0 Å². The van der Waals surface area contributed by atoms with E-state index < -0.39 is 124 Å². The van der Waals surface area contributed by atoms with Crippen LogP contribution in [0, 0.1) is 0 Å². The summed E-state index contributed by atoms with van der Waals surface area (Å²) in [6, 6.07) is -0.970. The van der Waals surface area contributed by atoms with Crippen LogP contribution in [0.25, 0.3) is 0 Å². The van der Waals surface area contributed by atoms with E-state index in [1.54, 1.807) is 6.08 Å². The van der Waals surface area contributed by atoms with E-state index in [-0.39, 0.29) is 18.9 Å². The van der Waals surface area contributed by atoms with Crippen LogP contribution in [0.3, 0.4) is 0 Å². The lowest BCUT2D eigenvalue weighted by atomic mass is 9.96. The SMILES string of the molecule is CCCCCCCCCCCCCCCCCCCCCCCC/C=C/C(O)C(COC1OC(CO)C(OC2OC(CO)C(OC3OC(CO)C(O)C(O)C3O)C(O)C2O)C(O)C1O)NC(=O)CCCCCCCCCCCCCCCCCCCCCCCCCCC. The third-order valence-electron chi connectivity index (χ3n) is 19.8. The molecule has 0 saturated carbocycles. The largest absolute Gasteiger partial charge is 0.394 e. The minimum Gasteiger partial charge on any atom is -0.394 e. The predicted octanol–water partition coefficient (Wildman–Crippen LogP) is 12.0. The van der Waals surface area contributed by atoms with Gasteiger partial charge in [0.05, 0.1) is 38.6 Å². The number of aliphatic hydroxyl groups is 11. The molecular formula is C75H143NO18. The molecule has 0 spiro atoms. The first-order chi connectivity index (χ1) is 45.8. The van der Waals surface area contributed by atoms with E-state index in [1.165, 1.54) is 257 Å². The van der Waals surface area contributed by atoms with E-state index in [0.717, 1.165) is 44.9 Å². The Kier molecular flexibility index (Phi) is 52.8. The Labute approximate surface area is 569 Å². The molecule has 3 fully saturated rings. The van der Waals surface area contributed by atoms with E-state index in [0.29, 0.717) is 6.42 Å². The number of rotatable bonds is 62. The molecule has 3 aliphatic heterocycles. The fourth-order valence-electron chi connectivity index (χ4n) is 13.5. The van der Waals surface area contributed by atoms with Crippen LogP contribution in [0.4, 0.5) is 0 Å². The maximum Gasteiger partial charge on any atom is 0.220 e. The van der Waals surface area contributed by atoms with E-state index in [4.69, 9.17) is 28.4 Å². The second-order valence-electron chi connectivity index (χ2n) is 28.2. The first-order valence-corrected chi connectivity index (χ1v) is 38.9. The Bertz CT molecular complexity index is 1750. The second kappa shape index (κ2) is 57.2. The second-order valence-corrected chi connectivity index (χ2v) is 28.2. The summed E-state index contributed by atoms with van der Waals surface area (Å²) >= 11 is 0. The van der Waals surface area contributed by atoms with Gasteiger partial charge in [0.25, 0.3) is 0 Å². The van der Waals surface area contributed by atoms with Gasteiger partial charge in [-0.05, 0) is 19.3 Å². The Morgan fingerprint density at radius 3 is 1.00 bits per heavy atom. The summed E-state index contributed by atoms with van der Waals surface area (Å²) in [7, 11) is 0. The summed E-state index contributed by atoms with van der Waals surface area (Å²) in [4.78, 5) is 13.5. The zero-order valence-electron chi connectivity index (χ0n) is 59.2. The summed E-state index contributed by atoms with van der Waals surface area (Å²) in [6.45, 7) is 1.80. The van der Waals surface area contributed by atoms with Crippen LogP contribution in [0.1, 0.15) is 328 Å². The summed E-state index contributed by atoms with van der Waals surface area (Å²) in [6.07, 6.45) is 39.1. The van der Waals surface area contributed by atoms with E-state index in [1.807, 2.05) is 6.08 Å². The molecule has 17 unspecified atom stereocenters. The van der Waals surface area contributed by atoms with Gasteiger partial charge < -0.3 is 89.9 Å². The van der Waals surface area contributed by atoms with Gasteiger partial charge in [0.1, 0.15) is 73.2 Å². The number of amides is 1. The molecule has 0 aromatic rings. The molecule has 0 aliphatic carbocycles. The molecule has 0 aromatic heterocycles. The highest BCUT2D eigenvalue weighted by atomic mass is 16.8. The number of hydrogen-bond acceptors (Lipinski definition) is 18. The Hall–Kier alpha value is -1.47. The molecule has 17 atom stereocenters. The van der Waals surface area contributed by atoms with Crippen LogP contribution in [0.15, 0.2) is 12.2 Å². The predicted molar refractivity (Wildman–Crippen MR) is 370 cm³/mol. The molecule has 3 rings (SSSR count). The lowest BCUT2D eigenvalue weighted by molar-refractivity contribution is -0.379. The standard InChI is InChI=1S/C75H143NO18/c1-3-5-7-9-11-13-15-17-19-21-23-25-27-29-31-33-35-37-39-41-43-45-47-49-51-53-63(81)76-58(59(80)52-50-48-46-44-42-40-38-36-34-32-30-28-26-24-22-20-18-16-14-12-10-8-6-4-2)57-89-73-69(87)66(84)71(61(55-78)91-73)94-75-70(88)67(85)72(62(56-79)92-75)93-74-68(86)65(83)64(82)60(54-77)90-74/h50,52,58-62,64-75,77-80,82-88H,3-49,51,53-57H2,1-2H3,(H,76,81)/b52-50+. The van der Waals surface area contributed by atoms with Gasteiger partial charge in [-0.15, -0.1) is 0 Å². The maximum atomic E-state index is 13.5. The van der Waals surface area contributed by atoms with Crippen molar-refractivity contribution in [1.29, 1.82) is 0 Å². The van der Waals surface area contributed by atoms with Gasteiger partial charge >= 0.3 is 0 Å². The van der Waals surface area contributed by atoms with Crippen molar-refractivity contribution in [2.75, 3.05) is 26.4 Å². The average molecular weight is 1350 g/mol. The van der Waals surface area contributed by atoms with Crippen LogP contribution in [0.5, 0.6) is 0 Å². The zero-order chi connectivity index (χ0) is 68.2. The van der Waals surface area contributed by atoms with Crippen LogP contribution >= 0.6 is 0 Å². The molecule has 0 aromatic carbocycles. The van der Waals surface area contributed by atoms with Crippen molar-refractivity contribution in [3.05, 3.63) is 12.2 Å². The van der Waals surface area contributed by atoms with Crippen molar-refractivity contribution in [1.82, 2.24) is 5.32 Å². The highest BCUT2D eigenvalue weighted by Gasteiger charge is 2.53. The molecule has 94 heavy (non-hydrogen) atoms. The first kappa shape index (κ1) is 86.8. The normalized spacial score (nSPS) is 27.4. The molecule has 12 N–H and O–H groups in total. The van der Waals surface area contributed by atoms with Crippen molar-refractivity contribution >= 4 is 5.91 Å². The number of allylic oxidation sites excluding steroid dienone is 1. The smallest absolute Gasteiger partial charge is 0.220 e. The number of carbonyl (C=O) groups excluding carboxylic acids is 1. The fourth-order valence-corrected chi connectivity index (χ4v) is 13.5. The van der Waals surface area contributed by atoms with Crippen molar-refractivity contribution in [2.24, 2.45) is 0 Å². The Balaban J connectivity index is 1.40. The Morgan fingerprint density at radius 1 is 0.372 bits per heavy atom. The molecule has 3 aliphatic rings. The topological polar surface area (TPSA) is 307 Å². The van der Waals surface area contributed by atoms with Gasteiger partial charge in [0.2, 0.25) is 5.91 Å². The van der Waals surface area contributed by atoms with Crippen molar-refractivity contribution in [2.45, 2.75) is 433 Å². The Morgan fingerprint density at radius 2 is 0.660 bits per heavy atom. The third kappa shape index (κ3) is 37.8. The highest BCUT2D eigenvalue weighted by Crippen LogP contribution is 2.33. The lowest BCUT2D eigenvalue weighted by Gasteiger charge is -2.48. The molecule has 556 valence electrons. The van der Waals surface area contributed by atoms with E-state index >= 15 is 0 Å². The number of aliphatic hydroxyl groups excluding tert-OH is 11. The minimum absolute atomic E-state index is 0.250. The van der Waals surface area contributed by atoms with Crippen LogP contribution in [0.2, 0.25) is 0 Å². The summed E-state index contributed by atoms with van der Waals surface area (Å²) in [5.41, 5.74) is 0. The monoisotopic (exact) mass is 1350 g/mol. The molecule has 1 amide bonds. The molecule has 3 heterocycles. The zero-order valence-corrected chi connectivity index (χ0v) is 59.2. The fraction of sp³-hybridized carbons (Fsp3) is 0.960. The first-order valence-electron chi connectivity index (χ1n) is 38.9. The van der Waals surface area contributed by atoms with Gasteiger partial charge in [-0.3, -0.25) is 4.79 Å². The third-order valence-corrected chi connectivity index (χ3v) is 19.8. The lowest BCUT2D eigenvalue weighted by Crippen LogP contribution is -2.66. The summed E-state index contributed by atoms with van der Waals surface area (Å²) in [5, 5.41) is 121. The minimum atomic E-state index is -1.98. The number of nitrogens with one attached hydrogen (secondary N) is 1. The highest BCUT2D eigenvalue weighted by molar-refractivity contribution is 5.76. The van der Waals surface area contributed by atoms with Crippen molar-refractivity contribution < 1.29 is 89.4 Å². The maximum absolute atomic E-state index is 13.5. The molecule has 19 heteroatoms. The van der Waals surface area contributed by atoms with E-state index in [9.17, 15) is 61.0 Å². The van der Waals surface area contributed by atoms with E-state index in [2.05, 4.69) is 19.2 Å². The molecule has 19 nitrogen and oxygen atoms in total. The van der Waals surface area contributed by atoms with Crippen molar-refractivity contribution in [3.63, 3.8) is 0 Å². The van der Waals surface area contributed by atoms with Crippen LogP contribution in [-0.2, 0) is 33.2 Å². The van der Waals surface area contributed by atoms with Gasteiger partial charge in [-0.25, -0.2) is 0 Å². The average Bonchev–Trinajstić information content (AvgIpc) is 0.787. The number of hydrogen-bond donors (Lipinski definition) is 12. The number of ether oxygens (including phenoxy) is 6. The number of unbranched alkanes of at least 4 members (excludes halogenated alkanes) is 46. The number of carbonyl (C=O) groups is 1. The quantitative estimate of drug-likeness (QED) is 0.0199.